The number of anilines is 2. The first kappa shape index (κ1) is 20.1. The Morgan fingerprint density at radius 3 is 2.26 bits per heavy atom. The van der Waals surface area contributed by atoms with Crippen LogP contribution < -0.4 is 15.5 Å². The van der Waals surface area contributed by atoms with E-state index in [9.17, 15) is 18.8 Å². The van der Waals surface area contributed by atoms with E-state index in [1.54, 1.807) is 42.5 Å². The molecule has 7 heteroatoms. The van der Waals surface area contributed by atoms with Crippen LogP contribution in [0.25, 0.3) is 0 Å². The molecule has 142 valence electrons. The standard InChI is InChI=1S/C20H22FN3O3/c1-14(25)23-17-7-9-18(10-8-17)24(15(2)26)13-20(27)22-12-11-16-5-3-4-6-19(16)21/h3-10H,11-13H2,1-2H3,(H,22,27)(H,23,25). The lowest BCUT2D eigenvalue weighted by atomic mass is 10.1. The molecule has 0 aliphatic heterocycles. The van der Waals surface area contributed by atoms with Gasteiger partial charge in [-0.3, -0.25) is 14.4 Å². The highest BCUT2D eigenvalue weighted by Gasteiger charge is 2.15. The van der Waals surface area contributed by atoms with Gasteiger partial charge in [0, 0.05) is 31.8 Å². The molecule has 0 bridgehead atoms. The van der Waals surface area contributed by atoms with Gasteiger partial charge in [0.15, 0.2) is 0 Å². The number of hydrogen-bond acceptors (Lipinski definition) is 3. The number of carbonyl (C=O) groups is 3. The summed E-state index contributed by atoms with van der Waals surface area (Å²) in [5.41, 5.74) is 1.67. The fourth-order valence-corrected chi connectivity index (χ4v) is 2.55. The Morgan fingerprint density at radius 2 is 1.67 bits per heavy atom. The van der Waals surface area contributed by atoms with E-state index in [1.807, 2.05) is 0 Å². The van der Waals surface area contributed by atoms with Crippen LogP contribution in [0.3, 0.4) is 0 Å². The predicted molar refractivity (Wildman–Crippen MR) is 102 cm³/mol. The molecule has 0 fully saturated rings. The van der Waals surface area contributed by atoms with E-state index >= 15 is 0 Å². The van der Waals surface area contributed by atoms with Gasteiger partial charge in [-0.25, -0.2) is 4.39 Å². The first-order chi connectivity index (χ1) is 12.9. The number of halogens is 1. The van der Waals surface area contributed by atoms with Gasteiger partial charge in [-0.1, -0.05) is 18.2 Å². The van der Waals surface area contributed by atoms with Gasteiger partial charge in [0.25, 0.3) is 0 Å². The zero-order valence-corrected chi connectivity index (χ0v) is 15.3. The molecule has 3 amide bonds. The molecule has 0 aliphatic carbocycles. The maximum Gasteiger partial charge on any atom is 0.240 e. The maximum absolute atomic E-state index is 13.6. The Labute approximate surface area is 157 Å². The van der Waals surface area contributed by atoms with Crippen LogP contribution in [0.1, 0.15) is 19.4 Å². The minimum atomic E-state index is -0.340. The van der Waals surface area contributed by atoms with Crippen molar-refractivity contribution >= 4 is 29.1 Å². The number of amides is 3. The van der Waals surface area contributed by atoms with Crippen LogP contribution in [0, 0.1) is 5.82 Å². The number of benzene rings is 2. The molecular weight excluding hydrogens is 349 g/mol. The average molecular weight is 371 g/mol. The van der Waals surface area contributed by atoms with E-state index in [0.29, 0.717) is 23.4 Å². The van der Waals surface area contributed by atoms with E-state index in [-0.39, 0.29) is 36.6 Å². The van der Waals surface area contributed by atoms with E-state index in [0.717, 1.165) is 0 Å². The summed E-state index contributed by atoms with van der Waals surface area (Å²) in [6, 6.07) is 13.0. The molecule has 2 aromatic carbocycles. The lowest BCUT2D eigenvalue weighted by Gasteiger charge is -2.21. The van der Waals surface area contributed by atoms with Gasteiger partial charge in [0.2, 0.25) is 17.7 Å². The highest BCUT2D eigenvalue weighted by atomic mass is 19.1. The summed E-state index contributed by atoms with van der Waals surface area (Å²) in [7, 11) is 0. The first-order valence-corrected chi connectivity index (χ1v) is 8.52. The topological polar surface area (TPSA) is 78.5 Å². The molecule has 0 aliphatic rings. The normalized spacial score (nSPS) is 10.2. The molecule has 0 saturated heterocycles. The molecule has 0 aromatic heterocycles. The zero-order valence-electron chi connectivity index (χ0n) is 15.3. The fourth-order valence-electron chi connectivity index (χ4n) is 2.55. The van der Waals surface area contributed by atoms with Gasteiger partial charge < -0.3 is 15.5 Å². The third-order valence-corrected chi connectivity index (χ3v) is 3.86. The van der Waals surface area contributed by atoms with Crippen LogP contribution in [0.4, 0.5) is 15.8 Å². The summed E-state index contributed by atoms with van der Waals surface area (Å²) in [4.78, 5) is 36.5. The predicted octanol–water partition coefficient (Wildman–Crippen LogP) is 2.50. The van der Waals surface area contributed by atoms with Crippen molar-refractivity contribution in [3.05, 3.63) is 59.9 Å². The summed E-state index contributed by atoms with van der Waals surface area (Å²) in [5, 5.41) is 5.33. The van der Waals surface area contributed by atoms with Crippen molar-refractivity contribution in [3.8, 4) is 0 Å². The Kier molecular flexibility index (Phi) is 7.05. The third kappa shape index (κ3) is 6.22. The Hall–Kier alpha value is -3.22. The molecule has 0 heterocycles. The van der Waals surface area contributed by atoms with Gasteiger partial charge in [-0.05, 0) is 42.3 Å². The van der Waals surface area contributed by atoms with Gasteiger partial charge in [-0.2, -0.15) is 0 Å². The molecule has 0 unspecified atom stereocenters. The molecule has 0 atom stereocenters. The van der Waals surface area contributed by atoms with Gasteiger partial charge >= 0.3 is 0 Å². The fraction of sp³-hybridized carbons (Fsp3) is 0.250. The number of nitrogens with zero attached hydrogens (tertiary/aromatic N) is 1. The van der Waals surface area contributed by atoms with Crippen LogP contribution in [-0.2, 0) is 20.8 Å². The first-order valence-electron chi connectivity index (χ1n) is 8.52. The van der Waals surface area contributed by atoms with Crippen LogP contribution >= 0.6 is 0 Å². The van der Waals surface area contributed by atoms with Crippen molar-refractivity contribution in [2.45, 2.75) is 20.3 Å². The molecule has 27 heavy (non-hydrogen) atoms. The number of hydrogen-bond donors (Lipinski definition) is 2. The van der Waals surface area contributed by atoms with E-state index < -0.39 is 0 Å². The average Bonchev–Trinajstić information content (AvgIpc) is 2.61. The second kappa shape index (κ2) is 9.47. The SMILES string of the molecule is CC(=O)Nc1ccc(N(CC(=O)NCCc2ccccc2F)C(C)=O)cc1. The number of rotatable bonds is 7. The summed E-state index contributed by atoms with van der Waals surface area (Å²) in [5.74, 6) is -1.13. The zero-order chi connectivity index (χ0) is 19.8. The lowest BCUT2D eigenvalue weighted by molar-refractivity contribution is -0.123. The van der Waals surface area contributed by atoms with Crippen molar-refractivity contribution in [2.24, 2.45) is 0 Å². The van der Waals surface area contributed by atoms with Crippen LogP contribution in [0.2, 0.25) is 0 Å². The number of carbonyl (C=O) groups excluding carboxylic acids is 3. The van der Waals surface area contributed by atoms with Crippen LogP contribution in [0.5, 0.6) is 0 Å². The monoisotopic (exact) mass is 371 g/mol. The van der Waals surface area contributed by atoms with Crippen molar-refractivity contribution in [1.82, 2.24) is 5.32 Å². The minimum Gasteiger partial charge on any atom is -0.354 e. The van der Waals surface area contributed by atoms with Crippen molar-refractivity contribution in [1.29, 1.82) is 0 Å². The molecular formula is C20H22FN3O3. The summed E-state index contributed by atoms with van der Waals surface area (Å²) in [6.45, 7) is 2.90. The van der Waals surface area contributed by atoms with E-state index in [1.165, 1.54) is 24.8 Å². The maximum atomic E-state index is 13.6. The lowest BCUT2D eigenvalue weighted by Crippen LogP contribution is -2.40. The van der Waals surface area contributed by atoms with Crippen LogP contribution in [0.15, 0.2) is 48.5 Å². The molecule has 6 nitrogen and oxygen atoms in total. The third-order valence-electron chi connectivity index (χ3n) is 3.86. The Morgan fingerprint density at radius 1 is 1.00 bits per heavy atom. The summed E-state index contributed by atoms with van der Waals surface area (Å²) >= 11 is 0. The van der Waals surface area contributed by atoms with E-state index in [2.05, 4.69) is 10.6 Å². The molecule has 2 rings (SSSR count). The molecule has 2 N–H and O–H groups in total. The largest absolute Gasteiger partial charge is 0.354 e. The van der Waals surface area contributed by atoms with Gasteiger partial charge in [0.05, 0.1) is 0 Å². The Balaban J connectivity index is 1.93. The number of nitrogens with one attached hydrogen (secondary N) is 2. The highest BCUT2D eigenvalue weighted by Crippen LogP contribution is 2.18. The minimum absolute atomic E-state index is 0.147. The van der Waals surface area contributed by atoms with Crippen molar-refractivity contribution < 1.29 is 18.8 Å². The van der Waals surface area contributed by atoms with Crippen molar-refractivity contribution in [2.75, 3.05) is 23.3 Å². The molecule has 0 saturated carbocycles. The molecule has 0 spiro atoms. The smallest absolute Gasteiger partial charge is 0.240 e. The highest BCUT2D eigenvalue weighted by molar-refractivity contribution is 5.97. The molecule has 2 aromatic rings. The summed E-state index contributed by atoms with van der Waals surface area (Å²) < 4.78 is 13.6. The quantitative estimate of drug-likeness (QED) is 0.785. The summed E-state index contributed by atoms with van der Waals surface area (Å²) in [6.07, 6.45) is 0.365. The van der Waals surface area contributed by atoms with Crippen LogP contribution in [-0.4, -0.2) is 30.8 Å². The van der Waals surface area contributed by atoms with Gasteiger partial charge in [-0.15, -0.1) is 0 Å². The van der Waals surface area contributed by atoms with E-state index in [4.69, 9.17) is 0 Å². The molecule has 0 radical (unpaired) electrons. The van der Waals surface area contributed by atoms with Gasteiger partial charge in [0.1, 0.15) is 12.4 Å². The Bertz CT molecular complexity index is 821. The van der Waals surface area contributed by atoms with Crippen molar-refractivity contribution in [3.63, 3.8) is 0 Å². The second-order valence-electron chi connectivity index (χ2n) is 6.02. The second-order valence-corrected chi connectivity index (χ2v) is 6.02.